The van der Waals surface area contributed by atoms with E-state index in [0.29, 0.717) is 23.4 Å². The van der Waals surface area contributed by atoms with Crippen molar-refractivity contribution >= 4 is 29.2 Å². The first-order valence-electron chi connectivity index (χ1n) is 10.5. The van der Waals surface area contributed by atoms with Crippen LogP contribution in [0.1, 0.15) is 28.7 Å². The first kappa shape index (κ1) is 23.4. The van der Waals surface area contributed by atoms with Gasteiger partial charge in [-0.2, -0.15) is 5.10 Å². The molecule has 2 aliphatic rings. The number of aliphatic hydroxyl groups is 1. The number of urea groups is 1. The average molecular weight is 486 g/mol. The van der Waals surface area contributed by atoms with E-state index >= 15 is 0 Å². The predicted octanol–water partition coefficient (Wildman–Crippen LogP) is 2.98. The number of benzene rings is 1. The topological polar surface area (TPSA) is 90.7 Å². The summed E-state index contributed by atoms with van der Waals surface area (Å²) >= 11 is 5.78. The molecule has 0 aliphatic carbocycles. The summed E-state index contributed by atoms with van der Waals surface area (Å²) in [4.78, 5) is 28.7. The van der Waals surface area contributed by atoms with Gasteiger partial charge < -0.3 is 20.2 Å². The normalized spacial score (nSPS) is 20.5. The molecule has 1 aromatic carbocycles. The number of alkyl halides is 2. The van der Waals surface area contributed by atoms with Crippen molar-refractivity contribution in [2.24, 2.45) is 5.92 Å². The molecule has 3 heterocycles. The van der Waals surface area contributed by atoms with Crippen molar-refractivity contribution in [1.29, 1.82) is 0 Å². The number of carbonyl (C=O) groups excluding carboxylic acids is 2. The standard InChI is InChI=1S/C21H23ClF3N5O3/c1-11-4-17-14(8-29(11)21(33)26-13-2-3-16(23)15(22)5-13)19-20(32)28(9-18(24)25)6-12(10-31)7-30(19)27-17/h2-3,5,11-12,18,31H,4,6-10H2,1H3,(H,26,33). The highest BCUT2D eigenvalue weighted by molar-refractivity contribution is 6.31. The van der Waals surface area contributed by atoms with Gasteiger partial charge in [0, 0.05) is 49.3 Å². The van der Waals surface area contributed by atoms with Crippen molar-refractivity contribution in [1.82, 2.24) is 19.6 Å². The number of halogens is 4. The fourth-order valence-electron chi connectivity index (χ4n) is 4.29. The molecule has 12 heteroatoms. The van der Waals surface area contributed by atoms with Crippen LogP contribution in [-0.2, 0) is 19.5 Å². The van der Waals surface area contributed by atoms with Gasteiger partial charge in [-0.25, -0.2) is 18.0 Å². The predicted molar refractivity (Wildman–Crippen MR) is 114 cm³/mol. The van der Waals surface area contributed by atoms with Gasteiger partial charge in [0.25, 0.3) is 12.3 Å². The minimum atomic E-state index is -2.72. The smallest absolute Gasteiger partial charge is 0.322 e. The Morgan fingerprint density at radius 2 is 2.12 bits per heavy atom. The number of aliphatic hydroxyl groups excluding tert-OH is 1. The zero-order valence-corrected chi connectivity index (χ0v) is 18.5. The third-order valence-corrected chi connectivity index (χ3v) is 6.22. The summed E-state index contributed by atoms with van der Waals surface area (Å²) < 4.78 is 41.1. The molecular formula is C21H23ClF3N5O3. The number of nitrogens with zero attached hydrogens (tertiary/aromatic N) is 4. The van der Waals surface area contributed by atoms with Crippen LogP contribution in [0.25, 0.3) is 0 Å². The number of hydrogen-bond donors (Lipinski definition) is 2. The molecule has 2 aromatic rings. The molecule has 3 amide bonds. The summed E-state index contributed by atoms with van der Waals surface area (Å²) in [7, 11) is 0. The van der Waals surface area contributed by atoms with Crippen molar-refractivity contribution in [3.05, 3.63) is 46.0 Å². The van der Waals surface area contributed by atoms with E-state index in [2.05, 4.69) is 10.4 Å². The molecular weight excluding hydrogens is 463 g/mol. The van der Waals surface area contributed by atoms with Gasteiger partial charge in [-0.3, -0.25) is 9.48 Å². The molecule has 0 saturated carbocycles. The van der Waals surface area contributed by atoms with E-state index in [-0.39, 0.29) is 43.0 Å². The van der Waals surface area contributed by atoms with Crippen LogP contribution >= 0.6 is 11.6 Å². The van der Waals surface area contributed by atoms with Crippen LogP contribution in [0.3, 0.4) is 0 Å². The van der Waals surface area contributed by atoms with Crippen LogP contribution in [-0.4, -0.2) is 68.8 Å². The second kappa shape index (κ2) is 9.22. The summed E-state index contributed by atoms with van der Waals surface area (Å²) in [5.74, 6) is -1.64. The minimum absolute atomic E-state index is 0.0102. The number of carbonyl (C=O) groups is 2. The van der Waals surface area contributed by atoms with E-state index in [4.69, 9.17) is 11.6 Å². The molecule has 2 N–H and O–H groups in total. The number of anilines is 1. The van der Waals surface area contributed by atoms with Crippen LogP contribution in [0.4, 0.5) is 23.7 Å². The Labute approximate surface area is 192 Å². The van der Waals surface area contributed by atoms with E-state index in [1.54, 1.807) is 0 Å². The summed E-state index contributed by atoms with van der Waals surface area (Å²) in [6.07, 6.45) is -2.36. The summed E-state index contributed by atoms with van der Waals surface area (Å²) in [5.41, 5.74) is 1.60. The SMILES string of the molecule is CC1Cc2nn3c(c2CN1C(=O)Nc1ccc(F)c(Cl)c1)C(=O)N(CC(F)F)CC(CO)C3. The van der Waals surface area contributed by atoms with E-state index in [0.717, 1.165) is 11.0 Å². The van der Waals surface area contributed by atoms with Gasteiger partial charge in [0.1, 0.15) is 11.5 Å². The Bertz CT molecular complexity index is 1080. The second-order valence-corrected chi connectivity index (χ2v) is 8.75. The van der Waals surface area contributed by atoms with Gasteiger partial charge in [0.15, 0.2) is 0 Å². The van der Waals surface area contributed by atoms with Crippen molar-refractivity contribution in [2.75, 3.05) is 25.0 Å². The maximum Gasteiger partial charge on any atom is 0.322 e. The zero-order chi connectivity index (χ0) is 23.9. The minimum Gasteiger partial charge on any atom is -0.396 e. The Morgan fingerprint density at radius 3 is 2.79 bits per heavy atom. The maximum absolute atomic E-state index is 13.4. The van der Waals surface area contributed by atoms with E-state index in [1.807, 2.05) is 6.92 Å². The molecule has 0 bridgehead atoms. The van der Waals surface area contributed by atoms with Gasteiger partial charge in [-0.1, -0.05) is 11.6 Å². The van der Waals surface area contributed by atoms with Crippen LogP contribution < -0.4 is 5.32 Å². The first-order chi connectivity index (χ1) is 15.7. The molecule has 1 aromatic heterocycles. The molecule has 8 nitrogen and oxygen atoms in total. The van der Waals surface area contributed by atoms with Gasteiger partial charge >= 0.3 is 6.03 Å². The molecule has 0 spiro atoms. The number of nitrogens with one attached hydrogen (secondary N) is 1. The highest BCUT2D eigenvalue weighted by Crippen LogP contribution is 2.30. The maximum atomic E-state index is 13.4. The lowest BCUT2D eigenvalue weighted by Crippen LogP contribution is -2.45. The Balaban J connectivity index is 1.62. The summed E-state index contributed by atoms with van der Waals surface area (Å²) in [6, 6.07) is 3.07. The molecule has 0 saturated heterocycles. The molecule has 4 rings (SSSR count). The Morgan fingerprint density at radius 1 is 1.36 bits per heavy atom. The van der Waals surface area contributed by atoms with Crippen LogP contribution in [0.2, 0.25) is 5.02 Å². The second-order valence-electron chi connectivity index (χ2n) is 8.35. The highest BCUT2D eigenvalue weighted by atomic mass is 35.5. The number of hydrogen-bond acceptors (Lipinski definition) is 4. The van der Waals surface area contributed by atoms with Crippen molar-refractivity contribution in [3.8, 4) is 0 Å². The quantitative estimate of drug-likeness (QED) is 0.696. The molecule has 33 heavy (non-hydrogen) atoms. The summed E-state index contributed by atoms with van der Waals surface area (Å²) in [6.45, 7) is 1.04. The highest BCUT2D eigenvalue weighted by Gasteiger charge is 2.38. The number of rotatable bonds is 4. The number of amides is 3. The van der Waals surface area contributed by atoms with Crippen molar-refractivity contribution < 1.29 is 27.9 Å². The van der Waals surface area contributed by atoms with Crippen LogP contribution in [0, 0.1) is 11.7 Å². The van der Waals surface area contributed by atoms with Gasteiger partial charge in [-0.05, 0) is 25.1 Å². The van der Waals surface area contributed by atoms with Gasteiger partial charge in [0.2, 0.25) is 0 Å². The first-order valence-corrected chi connectivity index (χ1v) is 10.8. The Hall–Kier alpha value is -2.79. The third-order valence-electron chi connectivity index (χ3n) is 5.93. The summed E-state index contributed by atoms with van der Waals surface area (Å²) in [5, 5.41) is 16.7. The van der Waals surface area contributed by atoms with E-state index < -0.39 is 36.6 Å². The molecule has 2 unspecified atom stereocenters. The van der Waals surface area contributed by atoms with E-state index in [9.17, 15) is 27.9 Å². The van der Waals surface area contributed by atoms with Gasteiger partial charge in [0.05, 0.1) is 23.8 Å². The molecule has 2 atom stereocenters. The van der Waals surface area contributed by atoms with E-state index in [1.165, 1.54) is 21.7 Å². The largest absolute Gasteiger partial charge is 0.396 e. The zero-order valence-electron chi connectivity index (χ0n) is 17.8. The fraction of sp³-hybridized carbons (Fsp3) is 0.476. The Kier molecular flexibility index (Phi) is 6.53. The van der Waals surface area contributed by atoms with Crippen molar-refractivity contribution in [2.45, 2.75) is 38.9 Å². The molecule has 0 radical (unpaired) electrons. The average Bonchev–Trinajstić information content (AvgIpc) is 3.03. The monoisotopic (exact) mass is 485 g/mol. The van der Waals surface area contributed by atoms with Crippen LogP contribution in [0.15, 0.2) is 18.2 Å². The van der Waals surface area contributed by atoms with Crippen molar-refractivity contribution in [3.63, 3.8) is 0 Å². The number of aromatic nitrogens is 2. The van der Waals surface area contributed by atoms with Crippen LogP contribution in [0.5, 0.6) is 0 Å². The van der Waals surface area contributed by atoms with Gasteiger partial charge in [-0.15, -0.1) is 0 Å². The third kappa shape index (κ3) is 4.65. The number of fused-ring (bicyclic) bond motifs is 3. The lowest BCUT2D eigenvalue weighted by molar-refractivity contribution is 0.0494. The molecule has 2 aliphatic heterocycles. The molecule has 178 valence electrons. The lowest BCUT2D eigenvalue weighted by Gasteiger charge is -2.33. The molecule has 0 fully saturated rings. The lowest BCUT2D eigenvalue weighted by atomic mass is 9.99. The fourth-order valence-corrected chi connectivity index (χ4v) is 4.47.